The molecule has 1 N–H and O–H groups in total. The standard InChI is InChI=1S/C17H11Cl3N2O2/c1-9(23)22-8-13(12-6-10(18)2-5-16(12)22)17(24)21-11-3-4-14(19)15(20)7-11/h2-8H,1H3,(H,21,24). The summed E-state index contributed by atoms with van der Waals surface area (Å²) in [7, 11) is 0. The van der Waals surface area contributed by atoms with Gasteiger partial charge in [-0.15, -0.1) is 0 Å². The van der Waals surface area contributed by atoms with Crippen LogP contribution in [0.1, 0.15) is 22.1 Å². The lowest BCUT2D eigenvalue weighted by atomic mass is 10.1. The highest BCUT2D eigenvalue weighted by atomic mass is 35.5. The molecule has 3 aromatic rings. The predicted molar refractivity (Wildman–Crippen MR) is 97.7 cm³/mol. The van der Waals surface area contributed by atoms with E-state index in [-0.39, 0.29) is 11.8 Å². The Morgan fingerprint density at radius 2 is 1.75 bits per heavy atom. The average molecular weight is 382 g/mol. The van der Waals surface area contributed by atoms with Gasteiger partial charge in [0.25, 0.3) is 5.91 Å². The Kier molecular flexibility index (Phi) is 4.54. The number of nitrogens with one attached hydrogen (secondary N) is 1. The molecule has 0 spiro atoms. The summed E-state index contributed by atoms with van der Waals surface area (Å²) in [6, 6.07) is 9.82. The van der Waals surface area contributed by atoms with Gasteiger partial charge in [0.1, 0.15) is 0 Å². The smallest absolute Gasteiger partial charge is 0.257 e. The van der Waals surface area contributed by atoms with E-state index in [0.29, 0.717) is 37.2 Å². The molecular weight excluding hydrogens is 371 g/mol. The topological polar surface area (TPSA) is 51.1 Å². The van der Waals surface area contributed by atoms with Gasteiger partial charge in [0, 0.05) is 29.2 Å². The number of nitrogens with zero attached hydrogens (tertiary/aromatic N) is 1. The quantitative estimate of drug-likeness (QED) is 0.636. The van der Waals surface area contributed by atoms with Crippen LogP contribution in [0.3, 0.4) is 0 Å². The Labute approximate surface area is 152 Å². The molecule has 0 unspecified atom stereocenters. The summed E-state index contributed by atoms with van der Waals surface area (Å²) in [5.74, 6) is -0.573. The third kappa shape index (κ3) is 3.13. The highest BCUT2D eigenvalue weighted by Crippen LogP contribution is 2.28. The molecule has 1 amide bonds. The largest absolute Gasteiger partial charge is 0.322 e. The van der Waals surface area contributed by atoms with Crippen molar-refractivity contribution in [1.29, 1.82) is 0 Å². The first kappa shape index (κ1) is 16.8. The second-order valence-corrected chi connectivity index (χ2v) is 6.43. The Balaban J connectivity index is 2.04. The van der Waals surface area contributed by atoms with Crippen LogP contribution >= 0.6 is 34.8 Å². The molecule has 122 valence electrons. The molecule has 0 radical (unpaired) electrons. The lowest BCUT2D eigenvalue weighted by Crippen LogP contribution is -2.12. The number of fused-ring (bicyclic) bond motifs is 1. The number of hydrogen-bond donors (Lipinski definition) is 1. The summed E-state index contributed by atoms with van der Waals surface area (Å²) in [5, 5.41) is 4.55. The Morgan fingerprint density at radius 3 is 2.42 bits per heavy atom. The molecule has 1 heterocycles. The number of amides is 1. The summed E-state index contributed by atoms with van der Waals surface area (Å²) >= 11 is 17.8. The summed E-state index contributed by atoms with van der Waals surface area (Å²) in [6.07, 6.45) is 1.50. The molecule has 0 fully saturated rings. The number of benzene rings is 2. The van der Waals surface area contributed by atoms with Crippen LogP contribution in [-0.2, 0) is 0 Å². The summed E-state index contributed by atoms with van der Waals surface area (Å²) < 4.78 is 1.41. The lowest BCUT2D eigenvalue weighted by molar-refractivity contribution is 0.0941. The Bertz CT molecular complexity index is 979. The molecule has 24 heavy (non-hydrogen) atoms. The monoisotopic (exact) mass is 380 g/mol. The zero-order valence-corrected chi connectivity index (χ0v) is 14.7. The molecule has 1 aromatic heterocycles. The van der Waals surface area contributed by atoms with Crippen molar-refractivity contribution >= 4 is 63.2 Å². The second kappa shape index (κ2) is 6.48. The van der Waals surface area contributed by atoms with E-state index < -0.39 is 0 Å². The molecule has 0 aliphatic carbocycles. The van der Waals surface area contributed by atoms with Gasteiger partial charge in [0.2, 0.25) is 5.91 Å². The van der Waals surface area contributed by atoms with Gasteiger partial charge in [-0.1, -0.05) is 34.8 Å². The van der Waals surface area contributed by atoms with Gasteiger partial charge in [0.15, 0.2) is 0 Å². The van der Waals surface area contributed by atoms with Crippen LogP contribution in [0.25, 0.3) is 10.9 Å². The predicted octanol–water partition coefficient (Wildman–Crippen LogP) is 5.51. The van der Waals surface area contributed by atoms with Crippen LogP contribution in [0.15, 0.2) is 42.6 Å². The maximum atomic E-state index is 12.6. The molecule has 0 saturated carbocycles. The summed E-state index contributed by atoms with van der Waals surface area (Å²) in [4.78, 5) is 24.4. The highest BCUT2D eigenvalue weighted by Gasteiger charge is 2.17. The average Bonchev–Trinajstić information content (AvgIpc) is 2.90. The first-order valence-corrected chi connectivity index (χ1v) is 8.08. The minimum Gasteiger partial charge on any atom is -0.322 e. The second-order valence-electron chi connectivity index (χ2n) is 5.18. The minimum absolute atomic E-state index is 0.198. The number of anilines is 1. The van der Waals surface area contributed by atoms with Crippen LogP contribution in [0.4, 0.5) is 5.69 Å². The maximum absolute atomic E-state index is 12.6. The van der Waals surface area contributed by atoms with Crippen molar-refractivity contribution in [1.82, 2.24) is 4.57 Å². The third-order valence-corrected chi connectivity index (χ3v) is 4.50. The van der Waals surface area contributed by atoms with Crippen molar-refractivity contribution in [2.24, 2.45) is 0 Å². The fourth-order valence-electron chi connectivity index (χ4n) is 2.42. The lowest BCUT2D eigenvalue weighted by Gasteiger charge is -2.05. The van der Waals surface area contributed by atoms with Crippen molar-refractivity contribution in [2.45, 2.75) is 6.92 Å². The van der Waals surface area contributed by atoms with E-state index in [1.165, 1.54) is 17.7 Å². The first-order chi connectivity index (χ1) is 11.4. The van der Waals surface area contributed by atoms with E-state index in [1.807, 2.05) is 0 Å². The number of hydrogen-bond acceptors (Lipinski definition) is 2. The van der Waals surface area contributed by atoms with Crippen LogP contribution in [0.2, 0.25) is 15.1 Å². The molecule has 0 bridgehead atoms. The van der Waals surface area contributed by atoms with Crippen molar-refractivity contribution in [3.63, 3.8) is 0 Å². The Hall–Kier alpha value is -2.01. The molecule has 0 aliphatic rings. The van der Waals surface area contributed by atoms with Gasteiger partial charge in [0.05, 0.1) is 21.1 Å². The number of halogens is 3. The van der Waals surface area contributed by atoms with E-state index >= 15 is 0 Å². The van der Waals surface area contributed by atoms with E-state index in [1.54, 1.807) is 36.4 Å². The summed E-state index contributed by atoms with van der Waals surface area (Å²) in [5.41, 5.74) is 1.46. The fourth-order valence-corrected chi connectivity index (χ4v) is 2.89. The van der Waals surface area contributed by atoms with E-state index in [4.69, 9.17) is 34.8 Å². The van der Waals surface area contributed by atoms with Gasteiger partial charge >= 0.3 is 0 Å². The van der Waals surface area contributed by atoms with E-state index in [2.05, 4.69) is 5.32 Å². The van der Waals surface area contributed by atoms with Gasteiger partial charge in [-0.2, -0.15) is 0 Å². The van der Waals surface area contributed by atoms with Crippen LogP contribution in [0.5, 0.6) is 0 Å². The normalized spacial score (nSPS) is 10.8. The van der Waals surface area contributed by atoms with E-state index in [9.17, 15) is 9.59 Å². The fraction of sp³-hybridized carbons (Fsp3) is 0.0588. The molecule has 0 aliphatic heterocycles. The summed E-state index contributed by atoms with van der Waals surface area (Å²) in [6.45, 7) is 1.43. The molecule has 7 heteroatoms. The molecule has 2 aromatic carbocycles. The van der Waals surface area contributed by atoms with E-state index in [0.717, 1.165) is 0 Å². The van der Waals surface area contributed by atoms with Crippen LogP contribution in [0, 0.1) is 0 Å². The molecular formula is C17H11Cl3N2O2. The van der Waals surface area contributed by atoms with Crippen molar-refractivity contribution in [3.8, 4) is 0 Å². The van der Waals surface area contributed by atoms with Crippen LogP contribution in [-0.4, -0.2) is 16.4 Å². The zero-order valence-electron chi connectivity index (χ0n) is 12.4. The number of aromatic nitrogens is 1. The minimum atomic E-state index is -0.374. The van der Waals surface area contributed by atoms with Crippen LogP contribution < -0.4 is 5.32 Å². The number of carbonyl (C=O) groups is 2. The zero-order chi connectivity index (χ0) is 17.4. The third-order valence-electron chi connectivity index (χ3n) is 3.53. The maximum Gasteiger partial charge on any atom is 0.257 e. The van der Waals surface area contributed by atoms with Gasteiger partial charge < -0.3 is 5.32 Å². The number of carbonyl (C=O) groups excluding carboxylic acids is 2. The SMILES string of the molecule is CC(=O)n1cc(C(=O)Nc2ccc(Cl)c(Cl)c2)c2cc(Cl)ccc21. The van der Waals surface area contributed by atoms with Gasteiger partial charge in [-0.25, -0.2) is 0 Å². The molecule has 3 rings (SSSR count). The van der Waals surface area contributed by atoms with Crippen molar-refractivity contribution < 1.29 is 9.59 Å². The number of rotatable bonds is 2. The van der Waals surface area contributed by atoms with Crippen molar-refractivity contribution in [3.05, 3.63) is 63.2 Å². The Morgan fingerprint density at radius 1 is 1.00 bits per heavy atom. The molecule has 4 nitrogen and oxygen atoms in total. The van der Waals surface area contributed by atoms with Gasteiger partial charge in [-0.05, 0) is 36.4 Å². The molecule has 0 saturated heterocycles. The van der Waals surface area contributed by atoms with Crippen molar-refractivity contribution in [2.75, 3.05) is 5.32 Å². The highest BCUT2D eigenvalue weighted by molar-refractivity contribution is 6.42. The molecule has 0 atom stereocenters. The van der Waals surface area contributed by atoms with Gasteiger partial charge in [-0.3, -0.25) is 14.2 Å². The first-order valence-electron chi connectivity index (χ1n) is 6.95.